The van der Waals surface area contributed by atoms with Crippen LogP contribution in [0.3, 0.4) is 0 Å². The van der Waals surface area contributed by atoms with E-state index in [1.165, 1.54) is 13.1 Å². The zero-order valence-electron chi connectivity index (χ0n) is 17.0. The minimum absolute atomic E-state index is 0.0293. The van der Waals surface area contributed by atoms with Crippen molar-refractivity contribution < 1.29 is 19.2 Å². The monoisotopic (exact) mass is 461 g/mol. The van der Waals surface area contributed by atoms with Crippen LogP contribution in [0.2, 0.25) is 0 Å². The predicted octanol–water partition coefficient (Wildman–Crippen LogP) is 2.12. The molecule has 1 heterocycles. The second-order valence-electron chi connectivity index (χ2n) is 7.99. The fourth-order valence-electron chi connectivity index (χ4n) is 4.25. The molecule has 2 amide bonds. The first-order valence-electron chi connectivity index (χ1n) is 9.93. The Hall–Kier alpha value is -2.36. The van der Waals surface area contributed by atoms with E-state index >= 15 is 0 Å². The van der Waals surface area contributed by atoms with Crippen molar-refractivity contribution in [3.8, 4) is 6.07 Å². The lowest BCUT2D eigenvalue weighted by Gasteiger charge is -2.17. The summed E-state index contributed by atoms with van der Waals surface area (Å²) < 4.78 is 16.7. The van der Waals surface area contributed by atoms with Gasteiger partial charge in [0.2, 0.25) is 0 Å². The SMILES string of the molecule is C[C@@](O)(CO)c1ncc(S(N)(=O)=NC(=O)Nc2c3c(c(C#N)c4c2CCC4)CCC3)s1. The van der Waals surface area contributed by atoms with E-state index in [-0.39, 0.29) is 9.22 Å². The van der Waals surface area contributed by atoms with E-state index in [1.54, 1.807) is 0 Å². The number of anilines is 1. The van der Waals surface area contributed by atoms with Gasteiger partial charge in [0.15, 0.2) is 9.92 Å². The van der Waals surface area contributed by atoms with Crippen molar-refractivity contribution in [3.05, 3.63) is 39.0 Å². The number of hydrogen-bond acceptors (Lipinski definition) is 7. The maximum absolute atomic E-state index is 12.9. The van der Waals surface area contributed by atoms with Crippen molar-refractivity contribution in [1.29, 1.82) is 5.26 Å². The lowest BCUT2D eigenvalue weighted by Crippen LogP contribution is -2.25. The number of aliphatic hydroxyl groups is 2. The van der Waals surface area contributed by atoms with Crippen LogP contribution in [0.4, 0.5) is 10.5 Å². The largest absolute Gasteiger partial charge is 0.393 e. The molecule has 9 nitrogen and oxygen atoms in total. The quantitative estimate of drug-likeness (QED) is 0.545. The molecule has 2 aromatic rings. The van der Waals surface area contributed by atoms with Gasteiger partial charge in [-0.05, 0) is 67.7 Å². The summed E-state index contributed by atoms with van der Waals surface area (Å²) in [5.41, 5.74) is 3.72. The molecular formula is C20H23N5O4S2. The Kier molecular flexibility index (Phi) is 5.61. The molecule has 31 heavy (non-hydrogen) atoms. The molecule has 164 valence electrons. The number of nitrogens with zero attached hydrogens (tertiary/aromatic N) is 3. The fraction of sp³-hybridized carbons (Fsp3) is 0.450. The van der Waals surface area contributed by atoms with Crippen LogP contribution in [0.5, 0.6) is 0 Å². The third-order valence-corrected chi connectivity index (χ3v) is 8.88. The molecule has 0 saturated heterocycles. The molecule has 0 aliphatic heterocycles. The van der Waals surface area contributed by atoms with E-state index in [9.17, 15) is 24.5 Å². The maximum atomic E-state index is 12.9. The number of hydrogen-bond donors (Lipinski definition) is 4. The summed E-state index contributed by atoms with van der Waals surface area (Å²) in [6.07, 6.45) is 6.14. The average molecular weight is 462 g/mol. The molecule has 1 unspecified atom stereocenters. The molecule has 0 radical (unpaired) electrons. The number of carbonyl (C=O) groups excluding carboxylic acids is 1. The molecule has 11 heteroatoms. The number of fused-ring (bicyclic) bond motifs is 2. The van der Waals surface area contributed by atoms with Crippen molar-refractivity contribution in [2.24, 2.45) is 9.50 Å². The predicted molar refractivity (Wildman–Crippen MR) is 116 cm³/mol. The summed E-state index contributed by atoms with van der Waals surface area (Å²) in [7, 11) is -3.59. The number of rotatable bonds is 4. The van der Waals surface area contributed by atoms with Crippen LogP contribution in [0.25, 0.3) is 0 Å². The standard InChI is InChI=1S/C20H23N5O4S2/c1-20(28,10-26)18-23-9-16(30-18)31(22,29)25-19(27)24-17-13-6-2-4-11(13)15(8-21)12-5-3-7-14(12)17/h9,26,28H,2-7,10H2,1H3,(H3,22,24,25,27,29)/t20-,31?/m1/s1. The van der Waals surface area contributed by atoms with Crippen LogP contribution in [0, 0.1) is 11.3 Å². The van der Waals surface area contributed by atoms with Crippen LogP contribution in [-0.2, 0) is 41.2 Å². The van der Waals surface area contributed by atoms with Gasteiger partial charge in [0, 0.05) is 5.69 Å². The third kappa shape index (κ3) is 3.86. The summed E-state index contributed by atoms with van der Waals surface area (Å²) in [6.45, 7) is 0.794. The van der Waals surface area contributed by atoms with Crippen molar-refractivity contribution in [1.82, 2.24) is 4.98 Å². The summed E-state index contributed by atoms with van der Waals surface area (Å²) in [5, 5.41) is 37.8. The van der Waals surface area contributed by atoms with Crippen molar-refractivity contribution in [2.45, 2.75) is 55.3 Å². The lowest BCUT2D eigenvalue weighted by molar-refractivity contribution is -0.00244. The zero-order chi connectivity index (χ0) is 22.4. The van der Waals surface area contributed by atoms with E-state index in [0.717, 1.165) is 77.7 Å². The summed E-state index contributed by atoms with van der Waals surface area (Å²) in [4.78, 5) is 16.7. The van der Waals surface area contributed by atoms with E-state index < -0.39 is 28.2 Å². The topological polar surface area (TPSA) is 162 Å². The summed E-state index contributed by atoms with van der Waals surface area (Å²) in [6, 6.07) is 1.51. The Morgan fingerprint density at radius 2 is 1.90 bits per heavy atom. The Morgan fingerprint density at radius 1 is 1.32 bits per heavy atom. The van der Waals surface area contributed by atoms with Gasteiger partial charge in [-0.15, -0.1) is 15.7 Å². The maximum Gasteiger partial charge on any atom is 0.354 e. The third-order valence-electron chi connectivity index (χ3n) is 5.75. The first kappa shape index (κ1) is 21.9. The van der Waals surface area contributed by atoms with E-state index in [2.05, 4.69) is 20.7 Å². The van der Waals surface area contributed by atoms with Crippen LogP contribution in [-0.4, -0.2) is 32.0 Å². The number of aliphatic hydroxyl groups excluding tert-OH is 1. The van der Waals surface area contributed by atoms with Crippen LogP contribution < -0.4 is 10.5 Å². The van der Waals surface area contributed by atoms with E-state index in [0.29, 0.717) is 5.69 Å². The van der Waals surface area contributed by atoms with Gasteiger partial charge in [-0.25, -0.2) is 19.1 Å². The number of amides is 2. The highest BCUT2D eigenvalue weighted by atomic mass is 32.2. The Balaban J connectivity index is 1.68. The number of benzene rings is 1. The van der Waals surface area contributed by atoms with Gasteiger partial charge in [0.25, 0.3) is 0 Å². The Morgan fingerprint density at radius 3 is 2.45 bits per heavy atom. The van der Waals surface area contributed by atoms with Gasteiger partial charge in [-0.2, -0.15) is 5.26 Å². The summed E-state index contributed by atoms with van der Waals surface area (Å²) in [5.74, 6) is 0. The Labute approximate surface area is 184 Å². The molecule has 2 atom stereocenters. The molecule has 2 aliphatic rings. The fourth-order valence-corrected chi connectivity index (χ4v) is 6.35. The number of nitrogens with two attached hydrogens (primary N) is 1. The van der Waals surface area contributed by atoms with Gasteiger partial charge in [0.05, 0.1) is 24.4 Å². The molecule has 0 spiro atoms. The van der Waals surface area contributed by atoms with Gasteiger partial charge in [-0.3, -0.25) is 0 Å². The first-order valence-corrected chi connectivity index (χ1v) is 12.3. The first-order chi connectivity index (χ1) is 14.7. The average Bonchev–Trinajstić information content (AvgIpc) is 3.47. The van der Waals surface area contributed by atoms with Gasteiger partial charge in [0.1, 0.15) is 14.8 Å². The van der Waals surface area contributed by atoms with Crippen molar-refractivity contribution >= 4 is 33.0 Å². The van der Waals surface area contributed by atoms with Crippen molar-refractivity contribution in [2.75, 3.05) is 11.9 Å². The van der Waals surface area contributed by atoms with Gasteiger partial charge >= 0.3 is 6.03 Å². The molecule has 4 rings (SSSR count). The second-order valence-corrected chi connectivity index (χ2v) is 11.0. The zero-order valence-corrected chi connectivity index (χ0v) is 18.6. The van der Waals surface area contributed by atoms with Gasteiger partial charge < -0.3 is 15.5 Å². The normalized spacial score (nSPS) is 18.4. The summed E-state index contributed by atoms with van der Waals surface area (Å²) >= 11 is 0.833. The second kappa shape index (κ2) is 7.96. The molecule has 0 saturated carbocycles. The molecule has 1 aromatic carbocycles. The minimum Gasteiger partial charge on any atom is -0.393 e. The number of carbonyl (C=O) groups is 1. The van der Waals surface area contributed by atoms with Crippen LogP contribution >= 0.6 is 11.3 Å². The van der Waals surface area contributed by atoms with Crippen LogP contribution in [0.15, 0.2) is 14.8 Å². The molecule has 0 bridgehead atoms. The highest BCUT2D eigenvalue weighted by Gasteiger charge is 2.30. The molecule has 2 aliphatic carbocycles. The van der Waals surface area contributed by atoms with E-state index in [1.807, 2.05) is 0 Å². The highest BCUT2D eigenvalue weighted by molar-refractivity contribution is 7.93. The van der Waals surface area contributed by atoms with Crippen molar-refractivity contribution in [3.63, 3.8) is 0 Å². The number of nitriles is 1. The molecule has 1 aromatic heterocycles. The smallest absolute Gasteiger partial charge is 0.354 e. The molecule has 5 N–H and O–H groups in total. The van der Waals surface area contributed by atoms with Crippen LogP contribution in [0.1, 0.15) is 52.6 Å². The number of urea groups is 1. The van der Waals surface area contributed by atoms with E-state index in [4.69, 9.17) is 5.14 Å². The van der Waals surface area contributed by atoms with Gasteiger partial charge in [-0.1, -0.05) is 0 Å². The number of aromatic nitrogens is 1. The minimum atomic E-state index is -3.59. The highest BCUT2D eigenvalue weighted by Crippen LogP contribution is 2.41. The Bertz CT molecular complexity index is 1200. The lowest BCUT2D eigenvalue weighted by atomic mass is 9.93. The number of thiazole rings is 1. The molecular weight excluding hydrogens is 438 g/mol. The number of nitrogens with one attached hydrogen (secondary N) is 1. The molecule has 0 fully saturated rings.